The summed E-state index contributed by atoms with van der Waals surface area (Å²) in [6.45, 7) is 1.37. The van der Waals surface area contributed by atoms with Crippen molar-refractivity contribution in [1.82, 2.24) is 9.97 Å². The van der Waals surface area contributed by atoms with Crippen molar-refractivity contribution < 1.29 is 27.8 Å². The molecular formula is C27H23ClF3N3O3. The number of rotatable bonds is 8. The number of aromatic amines is 1. The molecule has 0 aliphatic heterocycles. The van der Waals surface area contributed by atoms with Gasteiger partial charge in [-0.25, -0.2) is 4.98 Å². The van der Waals surface area contributed by atoms with Crippen molar-refractivity contribution in [1.29, 1.82) is 0 Å². The van der Waals surface area contributed by atoms with Gasteiger partial charge in [-0.3, -0.25) is 4.79 Å². The Hall–Kier alpha value is -3.82. The highest BCUT2D eigenvalue weighted by Gasteiger charge is 2.36. The molecule has 0 aliphatic rings. The number of ether oxygens (including phenoxy) is 1. The minimum absolute atomic E-state index is 0.0206. The Morgan fingerprint density at radius 1 is 1.03 bits per heavy atom. The van der Waals surface area contributed by atoms with Gasteiger partial charge in [0.25, 0.3) is 0 Å². The summed E-state index contributed by atoms with van der Waals surface area (Å²) in [7, 11) is 0. The number of carboxylic acid groups (broad SMARTS) is 1. The lowest BCUT2D eigenvalue weighted by Crippen LogP contribution is -2.36. The van der Waals surface area contributed by atoms with Crippen molar-refractivity contribution in [2.45, 2.75) is 31.7 Å². The van der Waals surface area contributed by atoms with Crippen molar-refractivity contribution in [3.63, 3.8) is 0 Å². The maximum atomic E-state index is 13.9. The van der Waals surface area contributed by atoms with E-state index in [4.69, 9.17) is 27.2 Å². The molecule has 1 atom stereocenters. The van der Waals surface area contributed by atoms with E-state index in [0.29, 0.717) is 5.56 Å². The lowest BCUT2D eigenvalue weighted by Gasteiger charge is -2.19. The predicted molar refractivity (Wildman–Crippen MR) is 134 cm³/mol. The number of nitrogens with two attached hydrogens (primary N) is 1. The number of nitrogens with one attached hydrogen (secondary N) is 1. The second-order valence-corrected chi connectivity index (χ2v) is 9.17. The molecule has 0 saturated heterocycles. The van der Waals surface area contributed by atoms with Crippen LogP contribution in [-0.2, 0) is 23.1 Å². The van der Waals surface area contributed by atoms with Crippen LogP contribution in [0.3, 0.4) is 0 Å². The van der Waals surface area contributed by atoms with Crippen LogP contribution in [0, 0.1) is 0 Å². The van der Waals surface area contributed by atoms with E-state index in [0.717, 1.165) is 17.2 Å². The summed E-state index contributed by atoms with van der Waals surface area (Å²) < 4.78 is 47.3. The molecule has 0 aliphatic carbocycles. The second-order valence-electron chi connectivity index (χ2n) is 8.80. The number of alkyl halides is 3. The van der Waals surface area contributed by atoms with Crippen LogP contribution in [0.2, 0.25) is 5.15 Å². The van der Waals surface area contributed by atoms with E-state index in [1.807, 2.05) is 42.5 Å². The Morgan fingerprint density at radius 2 is 1.65 bits per heavy atom. The van der Waals surface area contributed by atoms with Gasteiger partial charge in [0.05, 0.1) is 17.5 Å². The lowest BCUT2D eigenvalue weighted by molar-refractivity contribution is -0.139. The summed E-state index contributed by atoms with van der Waals surface area (Å²) in [6, 6.07) is 20.6. The molecule has 37 heavy (non-hydrogen) atoms. The van der Waals surface area contributed by atoms with Crippen LogP contribution in [0.5, 0.6) is 5.75 Å². The van der Waals surface area contributed by atoms with E-state index >= 15 is 0 Å². The molecule has 1 heterocycles. The summed E-state index contributed by atoms with van der Waals surface area (Å²) >= 11 is 6.19. The third-order valence-electron chi connectivity index (χ3n) is 5.73. The molecule has 192 valence electrons. The summed E-state index contributed by atoms with van der Waals surface area (Å²) in [4.78, 5) is 18.0. The van der Waals surface area contributed by atoms with Gasteiger partial charge < -0.3 is 20.6 Å². The summed E-state index contributed by atoms with van der Waals surface area (Å²) in [5, 5.41) is 9.01. The Balaban J connectivity index is 1.57. The summed E-state index contributed by atoms with van der Waals surface area (Å²) in [6.07, 6.45) is -5.16. The number of hydrogen-bond acceptors (Lipinski definition) is 4. The van der Waals surface area contributed by atoms with Gasteiger partial charge in [0.15, 0.2) is 0 Å². The van der Waals surface area contributed by atoms with Crippen molar-refractivity contribution in [2.75, 3.05) is 0 Å². The molecule has 0 radical (unpaired) electrons. The number of nitrogens with zero attached hydrogens (tertiary/aromatic N) is 1. The van der Waals surface area contributed by atoms with Gasteiger partial charge in [-0.05, 0) is 41.8 Å². The number of benzene rings is 3. The fourth-order valence-electron chi connectivity index (χ4n) is 3.82. The van der Waals surface area contributed by atoms with E-state index < -0.39 is 29.7 Å². The van der Waals surface area contributed by atoms with Crippen LogP contribution in [0.15, 0.2) is 72.8 Å². The molecule has 1 aromatic heterocycles. The average molecular weight is 530 g/mol. The van der Waals surface area contributed by atoms with E-state index in [-0.39, 0.29) is 34.6 Å². The normalized spacial score (nSPS) is 13.2. The number of hydrogen-bond donors (Lipinski definition) is 3. The van der Waals surface area contributed by atoms with Gasteiger partial charge in [0, 0.05) is 5.56 Å². The summed E-state index contributed by atoms with van der Waals surface area (Å²) in [5.41, 5.74) is 6.45. The molecular weight excluding hydrogens is 507 g/mol. The molecule has 0 saturated carbocycles. The van der Waals surface area contributed by atoms with Crippen LogP contribution in [0.4, 0.5) is 13.2 Å². The third kappa shape index (κ3) is 6.12. The minimum atomic E-state index is -4.71. The molecule has 0 spiro atoms. The molecule has 6 nitrogen and oxygen atoms in total. The SMILES string of the molecule is C[C@](N)(CC(=O)O)c1nc(-c2ccc(OCc3ccc(-c4ccccc4)cc3)c(C(F)(F)F)c2)c(Cl)[nH]1. The van der Waals surface area contributed by atoms with Crippen molar-refractivity contribution in [3.05, 3.63) is 94.9 Å². The topological polar surface area (TPSA) is 101 Å². The highest BCUT2D eigenvalue weighted by Crippen LogP contribution is 2.40. The van der Waals surface area contributed by atoms with E-state index in [1.165, 1.54) is 19.1 Å². The Kier molecular flexibility index (Phi) is 7.29. The Bertz CT molecular complexity index is 1400. The van der Waals surface area contributed by atoms with Crippen molar-refractivity contribution in [3.8, 4) is 28.1 Å². The van der Waals surface area contributed by atoms with Crippen LogP contribution in [-0.4, -0.2) is 21.0 Å². The van der Waals surface area contributed by atoms with Crippen LogP contribution in [0.25, 0.3) is 22.4 Å². The van der Waals surface area contributed by atoms with E-state index in [1.54, 1.807) is 12.1 Å². The number of carboxylic acids is 1. The zero-order valence-electron chi connectivity index (χ0n) is 19.6. The number of aromatic nitrogens is 2. The molecule has 0 amide bonds. The van der Waals surface area contributed by atoms with Gasteiger partial charge in [-0.15, -0.1) is 0 Å². The lowest BCUT2D eigenvalue weighted by atomic mass is 9.99. The second kappa shape index (κ2) is 10.3. The highest BCUT2D eigenvalue weighted by molar-refractivity contribution is 6.31. The number of H-pyrrole nitrogens is 1. The Morgan fingerprint density at radius 3 is 2.27 bits per heavy atom. The molecule has 4 aromatic rings. The highest BCUT2D eigenvalue weighted by atomic mass is 35.5. The third-order valence-corrected chi connectivity index (χ3v) is 6.01. The van der Waals surface area contributed by atoms with E-state index in [2.05, 4.69) is 9.97 Å². The van der Waals surface area contributed by atoms with Gasteiger partial charge in [-0.1, -0.05) is 66.2 Å². The fourth-order valence-corrected chi connectivity index (χ4v) is 4.06. The van der Waals surface area contributed by atoms with Gasteiger partial charge >= 0.3 is 12.1 Å². The van der Waals surface area contributed by atoms with Crippen molar-refractivity contribution in [2.24, 2.45) is 5.73 Å². The molecule has 10 heteroatoms. The zero-order valence-corrected chi connectivity index (χ0v) is 20.4. The first-order valence-electron chi connectivity index (χ1n) is 11.2. The predicted octanol–water partition coefficient (Wildman–Crippen LogP) is 6.64. The Labute approximate surface area is 215 Å². The van der Waals surface area contributed by atoms with Gasteiger partial charge in [0.1, 0.15) is 29.0 Å². The molecule has 0 unspecified atom stereocenters. The molecule has 4 N–H and O–H groups in total. The molecule has 0 fully saturated rings. The first-order chi connectivity index (χ1) is 17.4. The zero-order chi connectivity index (χ0) is 26.8. The van der Waals surface area contributed by atoms with Crippen molar-refractivity contribution >= 4 is 17.6 Å². The van der Waals surface area contributed by atoms with Crippen LogP contribution >= 0.6 is 11.6 Å². The molecule has 4 rings (SSSR count). The molecule has 0 bridgehead atoms. The van der Waals surface area contributed by atoms with Crippen LogP contribution < -0.4 is 10.5 Å². The molecule has 3 aromatic carbocycles. The smallest absolute Gasteiger partial charge is 0.419 e. The number of imidazole rings is 1. The monoisotopic (exact) mass is 529 g/mol. The fraction of sp³-hybridized carbons (Fsp3) is 0.185. The summed E-state index contributed by atoms with van der Waals surface area (Å²) in [5.74, 6) is -1.46. The minimum Gasteiger partial charge on any atom is -0.488 e. The number of halogens is 4. The van der Waals surface area contributed by atoms with Crippen LogP contribution in [0.1, 0.15) is 30.3 Å². The van der Waals surface area contributed by atoms with Gasteiger partial charge in [-0.2, -0.15) is 13.2 Å². The maximum absolute atomic E-state index is 13.9. The average Bonchev–Trinajstić information content (AvgIpc) is 3.25. The van der Waals surface area contributed by atoms with E-state index in [9.17, 15) is 18.0 Å². The number of carbonyl (C=O) groups is 1. The first kappa shape index (κ1) is 26.2. The quantitative estimate of drug-likeness (QED) is 0.237. The standard InChI is InChI=1S/C27H23ClF3N3O3/c1-26(32,14-22(35)36)25-33-23(24(28)34-25)19-11-12-21(20(13-19)27(29,30)31)37-15-16-7-9-18(10-8-16)17-5-3-2-4-6-17/h2-13H,14-15,32H2,1H3,(H,33,34)(H,35,36)/t26-/m0/s1. The van der Waals surface area contributed by atoms with Gasteiger partial charge in [0.2, 0.25) is 0 Å². The maximum Gasteiger partial charge on any atom is 0.419 e. The number of aliphatic carboxylic acids is 1. The largest absolute Gasteiger partial charge is 0.488 e. The first-order valence-corrected chi connectivity index (χ1v) is 11.6.